The zero-order valence-electron chi connectivity index (χ0n) is 20.5. The molecule has 11 heteroatoms. The molecule has 3 heterocycles. The van der Waals surface area contributed by atoms with E-state index in [1.165, 1.54) is 6.07 Å². The highest BCUT2D eigenvalue weighted by molar-refractivity contribution is 5.78. The van der Waals surface area contributed by atoms with Crippen LogP contribution in [0.1, 0.15) is 11.1 Å². The van der Waals surface area contributed by atoms with E-state index in [0.717, 1.165) is 24.2 Å². The molecule has 35 heavy (non-hydrogen) atoms. The lowest BCUT2D eigenvalue weighted by Gasteiger charge is -2.42. The number of hydrogen-bond donors (Lipinski definition) is 2. The summed E-state index contributed by atoms with van der Waals surface area (Å²) in [6.45, 7) is 7.80. The zero-order valence-corrected chi connectivity index (χ0v) is 20.5. The summed E-state index contributed by atoms with van der Waals surface area (Å²) in [6, 6.07) is 6.75. The standard InChI is InChI=1S/C24H35N7O4/c1-19-15-25-16-20(19)17-30(18-23(32)28-9-7-26(2)8-10-28)24(33)29-13-11-27(12-14-29)21-5-3-4-6-22(21)31(34)35/h3-6,15-16,24-25,33H,7-14,17-18H2,1-2H3. The molecule has 0 radical (unpaired) electrons. The van der Waals surface area contributed by atoms with Gasteiger partial charge in [0.15, 0.2) is 6.35 Å². The van der Waals surface area contributed by atoms with E-state index in [2.05, 4.69) is 16.9 Å². The number of carbonyl (C=O) groups is 1. The lowest BCUT2D eigenvalue weighted by molar-refractivity contribution is -0.384. The molecule has 1 aromatic heterocycles. The van der Waals surface area contributed by atoms with Gasteiger partial charge < -0.3 is 24.8 Å². The monoisotopic (exact) mass is 485 g/mol. The van der Waals surface area contributed by atoms with Crippen LogP contribution in [-0.4, -0.2) is 113 Å². The second kappa shape index (κ2) is 11.2. The van der Waals surface area contributed by atoms with Crippen molar-refractivity contribution in [2.75, 3.05) is 70.9 Å². The number of rotatable bonds is 8. The molecule has 2 aliphatic heterocycles. The highest BCUT2D eigenvalue weighted by Gasteiger charge is 2.31. The van der Waals surface area contributed by atoms with Crippen LogP contribution in [0.5, 0.6) is 0 Å². The van der Waals surface area contributed by atoms with E-state index in [0.29, 0.717) is 51.5 Å². The highest BCUT2D eigenvalue weighted by atomic mass is 16.6. The molecule has 190 valence electrons. The summed E-state index contributed by atoms with van der Waals surface area (Å²) in [5, 5.41) is 22.8. The van der Waals surface area contributed by atoms with Crippen molar-refractivity contribution < 1.29 is 14.8 Å². The number of H-pyrrole nitrogens is 1. The van der Waals surface area contributed by atoms with Crippen molar-refractivity contribution in [1.29, 1.82) is 0 Å². The van der Waals surface area contributed by atoms with Crippen LogP contribution >= 0.6 is 0 Å². The number of aromatic amines is 1. The number of likely N-dealkylation sites (N-methyl/N-ethyl adjacent to an activating group) is 1. The molecule has 0 spiro atoms. The Morgan fingerprint density at radius 2 is 1.80 bits per heavy atom. The number of carbonyl (C=O) groups excluding carboxylic acids is 1. The molecular formula is C24H35N7O4. The first kappa shape index (κ1) is 25.1. The molecule has 2 N–H and O–H groups in total. The van der Waals surface area contributed by atoms with E-state index >= 15 is 0 Å². The molecule has 1 atom stereocenters. The molecule has 1 aromatic carbocycles. The summed E-state index contributed by atoms with van der Waals surface area (Å²) in [5.41, 5.74) is 2.80. The Morgan fingerprint density at radius 3 is 2.43 bits per heavy atom. The molecule has 0 saturated carbocycles. The van der Waals surface area contributed by atoms with Gasteiger partial charge >= 0.3 is 0 Å². The van der Waals surface area contributed by atoms with Gasteiger partial charge in [-0.1, -0.05) is 12.1 Å². The topological polar surface area (TPSA) is 112 Å². The van der Waals surface area contributed by atoms with Crippen LogP contribution in [0.25, 0.3) is 0 Å². The number of amides is 1. The van der Waals surface area contributed by atoms with E-state index < -0.39 is 6.35 Å². The van der Waals surface area contributed by atoms with Crippen molar-refractivity contribution in [3.05, 3.63) is 57.9 Å². The maximum atomic E-state index is 13.1. The maximum Gasteiger partial charge on any atom is 0.292 e. The third-order valence-electron chi connectivity index (χ3n) is 7.02. The van der Waals surface area contributed by atoms with Crippen molar-refractivity contribution in [3.63, 3.8) is 0 Å². The third kappa shape index (κ3) is 5.99. The minimum atomic E-state index is -0.936. The number of nitrogens with zero attached hydrogens (tertiary/aromatic N) is 6. The van der Waals surface area contributed by atoms with Gasteiger partial charge in [0, 0.05) is 77.4 Å². The number of piperazine rings is 2. The number of benzene rings is 1. The summed E-state index contributed by atoms with van der Waals surface area (Å²) in [7, 11) is 2.05. The minimum Gasteiger partial charge on any atom is -0.367 e. The lowest BCUT2D eigenvalue weighted by atomic mass is 10.2. The van der Waals surface area contributed by atoms with Crippen molar-refractivity contribution in [1.82, 2.24) is 24.6 Å². The number of para-hydroxylation sites is 2. The number of nitrogens with one attached hydrogen (secondary N) is 1. The van der Waals surface area contributed by atoms with Crippen molar-refractivity contribution in [2.24, 2.45) is 0 Å². The average molecular weight is 486 g/mol. The fourth-order valence-corrected chi connectivity index (χ4v) is 4.72. The Kier molecular flexibility index (Phi) is 8.01. The normalized spacial score (nSPS) is 18.7. The zero-order chi connectivity index (χ0) is 24.9. The van der Waals surface area contributed by atoms with Gasteiger partial charge in [0.2, 0.25) is 5.91 Å². The summed E-state index contributed by atoms with van der Waals surface area (Å²) >= 11 is 0. The van der Waals surface area contributed by atoms with Crippen LogP contribution in [0.15, 0.2) is 36.7 Å². The SMILES string of the molecule is Cc1c[nH]cc1CN(CC(=O)N1CCN(C)CC1)C(O)N1CCN(c2ccccc2[N+](=O)[O-])CC1. The van der Waals surface area contributed by atoms with Crippen LogP contribution in [0.2, 0.25) is 0 Å². The van der Waals surface area contributed by atoms with Gasteiger partial charge in [-0.05, 0) is 31.2 Å². The van der Waals surface area contributed by atoms with E-state index in [-0.39, 0.29) is 23.1 Å². The number of aryl methyl sites for hydroxylation is 1. The van der Waals surface area contributed by atoms with E-state index in [1.54, 1.807) is 18.2 Å². The molecular weight excluding hydrogens is 450 g/mol. The number of nitro benzene ring substituents is 1. The molecule has 4 rings (SSSR count). The third-order valence-corrected chi connectivity index (χ3v) is 7.02. The van der Waals surface area contributed by atoms with Crippen LogP contribution in [-0.2, 0) is 11.3 Å². The molecule has 2 saturated heterocycles. The van der Waals surface area contributed by atoms with Crippen molar-refractivity contribution in [2.45, 2.75) is 19.8 Å². The first-order valence-electron chi connectivity index (χ1n) is 12.1. The highest BCUT2D eigenvalue weighted by Crippen LogP contribution is 2.28. The Balaban J connectivity index is 1.43. The average Bonchev–Trinajstić information content (AvgIpc) is 3.27. The van der Waals surface area contributed by atoms with Gasteiger partial charge in [-0.15, -0.1) is 0 Å². The molecule has 2 aliphatic rings. The molecule has 1 amide bonds. The van der Waals surface area contributed by atoms with E-state index in [9.17, 15) is 20.0 Å². The van der Waals surface area contributed by atoms with Crippen LogP contribution in [0.3, 0.4) is 0 Å². The lowest BCUT2D eigenvalue weighted by Crippen LogP contribution is -2.58. The van der Waals surface area contributed by atoms with Gasteiger partial charge in [0.25, 0.3) is 5.69 Å². The Bertz CT molecular complexity index is 1010. The van der Waals surface area contributed by atoms with E-state index in [1.807, 2.05) is 38.9 Å². The molecule has 2 aromatic rings. The van der Waals surface area contributed by atoms with Gasteiger partial charge in [0.05, 0.1) is 11.5 Å². The van der Waals surface area contributed by atoms with Gasteiger partial charge in [0.1, 0.15) is 5.69 Å². The number of anilines is 1. The summed E-state index contributed by atoms with van der Waals surface area (Å²) in [4.78, 5) is 37.1. The maximum absolute atomic E-state index is 13.1. The Hall–Kier alpha value is -2.99. The fraction of sp³-hybridized carbons (Fsp3) is 0.542. The van der Waals surface area contributed by atoms with Gasteiger partial charge in [-0.25, -0.2) is 0 Å². The van der Waals surface area contributed by atoms with E-state index in [4.69, 9.17) is 0 Å². The number of aromatic nitrogens is 1. The molecule has 1 unspecified atom stereocenters. The smallest absolute Gasteiger partial charge is 0.292 e. The predicted octanol–water partition coefficient (Wildman–Crippen LogP) is 0.905. The molecule has 0 aliphatic carbocycles. The summed E-state index contributed by atoms with van der Waals surface area (Å²) < 4.78 is 0. The number of aliphatic hydroxyl groups excluding tert-OH is 1. The minimum absolute atomic E-state index is 0.0175. The largest absolute Gasteiger partial charge is 0.367 e. The summed E-state index contributed by atoms with van der Waals surface area (Å²) in [5.74, 6) is 0.0175. The Morgan fingerprint density at radius 1 is 1.11 bits per heavy atom. The summed E-state index contributed by atoms with van der Waals surface area (Å²) in [6.07, 6.45) is 2.88. The van der Waals surface area contributed by atoms with Crippen molar-refractivity contribution >= 4 is 17.3 Å². The molecule has 0 bridgehead atoms. The van der Waals surface area contributed by atoms with Crippen LogP contribution in [0, 0.1) is 17.0 Å². The van der Waals surface area contributed by atoms with Crippen LogP contribution < -0.4 is 4.90 Å². The van der Waals surface area contributed by atoms with Crippen molar-refractivity contribution in [3.8, 4) is 0 Å². The van der Waals surface area contributed by atoms with Gasteiger partial charge in [-0.3, -0.25) is 24.7 Å². The first-order chi connectivity index (χ1) is 16.8. The molecule has 11 nitrogen and oxygen atoms in total. The second-order valence-corrected chi connectivity index (χ2v) is 9.37. The Labute approximate surface area is 205 Å². The molecule has 2 fully saturated rings. The second-order valence-electron chi connectivity index (χ2n) is 9.37. The number of hydrogen-bond acceptors (Lipinski definition) is 8. The predicted molar refractivity (Wildman–Crippen MR) is 133 cm³/mol. The quantitative estimate of drug-likeness (QED) is 0.322. The first-order valence-corrected chi connectivity index (χ1v) is 12.1. The van der Waals surface area contributed by atoms with Crippen LogP contribution in [0.4, 0.5) is 11.4 Å². The number of aliphatic hydroxyl groups is 1. The number of nitro groups is 1. The fourth-order valence-electron chi connectivity index (χ4n) is 4.72. The van der Waals surface area contributed by atoms with Gasteiger partial charge in [-0.2, -0.15) is 0 Å².